The molecule has 0 aliphatic carbocycles. The number of nitrogens with two attached hydrogens (primary N) is 1. The number of hydrogen-bond donors (Lipinski definition) is 1. The number of rotatable bonds is 3. The van der Waals surface area contributed by atoms with Gasteiger partial charge in [-0.1, -0.05) is 30.0 Å². The number of nitrogens with zero attached hydrogens (tertiary/aromatic N) is 2. The van der Waals surface area contributed by atoms with E-state index in [4.69, 9.17) is 10.5 Å². The molecule has 0 saturated carbocycles. The number of ether oxygens (including phenoxy) is 1. The van der Waals surface area contributed by atoms with Gasteiger partial charge in [-0.25, -0.2) is 4.99 Å². The maximum Gasteiger partial charge on any atom is 0.227 e. The standard InChI is InChI=1S/C13H17N3O2S/c14-12(17)10-19-13(16-6-8-18-9-7-16)15-11-4-2-1-3-5-11/h1-5H,6-10H2,(H2,14,17). The topological polar surface area (TPSA) is 67.9 Å². The minimum atomic E-state index is -0.334. The Kier molecular flexibility index (Phi) is 5.23. The Labute approximate surface area is 116 Å². The van der Waals surface area contributed by atoms with Crippen LogP contribution in [0.3, 0.4) is 0 Å². The zero-order valence-corrected chi connectivity index (χ0v) is 11.4. The van der Waals surface area contributed by atoms with E-state index >= 15 is 0 Å². The molecule has 6 heteroatoms. The number of amidine groups is 1. The predicted molar refractivity (Wildman–Crippen MR) is 77.6 cm³/mol. The maximum absolute atomic E-state index is 10.9. The molecule has 1 aromatic rings. The van der Waals surface area contributed by atoms with Gasteiger partial charge in [0.05, 0.1) is 24.7 Å². The number of carbonyl (C=O) groups is 1. The van der Waals surface area contributed by atoms with Gasteiger partial charge in [0.15, 0.2) is 5.17 Å². The van der Waals surface area contributed by atoms with E-state index in [-0.39, 0.29) is 11.7 Å². The molecule has 1 heterocycles. The van der Waals surface area contributed by atoms with Crippen molar-refractivity contribution < 1.29 is 9.53 Å². The molecule has 0 aromatic heterocycles. The highest BCUT2D eigenvalue weighted by Gasteiger charge is 2.16. The Balaban J connectivity index is 2.12. The molecule has 102 valence electrons. The van der Waals surface area contributed by atoms with Crippen LogP contribution in [-0.4, -0.2) is 48.0 Å². The lowest BCUT2D eigenvalue weighted by Crippen LogP contribution is -2.39. The van der Waals surface area contributed by atoms with Crippen LogP contribution in [0.1, 0.15) is 0 Å². The molecule has 1 aromatic carbocycles. The lowest BCUT2D eigenvalue weighted by molar-refractivity contribution is -0.115. The van der Waals surface area contributed by atoms with E-state index in [2.05, 4.69) is 9.89 Å². The van der Waals surface area contributed by atoms with Gasteiger partial charge in [0.1, 0.15) is 0 Å². The van der Waals surface area contributed by atoms with Crippen molar-refractivity contribution in [2.45, 2.75) is 0 Å². The third-order valence-corrected chi connectivity index (χ3v) is 3.64. The average molecular weight is 279 g/mol. The van der Waals surface area contributed by atoms with Crippen molar-refractivity contribution in [3.05, 3.63) is 30.3 Å². The molecule has 0 atom stereocenters. The van der Waals surface area contributed by atoms with Crippen LogP contribution in [0.15, 0.2) is 35.3 Å². The minimum Gasteiger partial charge on any atom is -0.378 e. The first-order chi connectivity index (χ1) is 9.25. The lowest BCUT2D eigenvalue weighted by Gasteiger charge is -2.29. The molecule has 0 unspecified atom stereocenters. The van der Waals surface area contributed by atoms with Crippen LogP contribution >= 0.6 is 11.8 Å². The van der Waals surface area contributed by atoms with E-state index in [1.54, 1.807) is 0 Å². The van der Waals surface area contributed by atoms with E-state index in [1.165, 1.54) is 11.8 Å². The summed E-state index contributed by atoms with van der Waals surface area (Å²) in [4.78, 5) is 17.7. The van der Waals surface area contributed by atoms with Crippen LogP contribution in [0.5, 0.6) is 0 Å². The third-order valence-electron chi connectivity index (χ3n) is 2.61. The summed E-state index contributed by atoms with van der Waals surface area (Å²) in [5.41, 5.74) is 6.08. The quantitative estimate of drug-likeness (QED) is 0.667. The Morgan fingerprint density at radius 3 is 2.63 bits per heavy atom. The molecule has 1 saturated heterocycles. The molecule has 0 spiro atoms. The van der Waals surface area contributed by atoms with Crippen LogP contribution < -0.4 is 5.73 Å². The molecule has 2 N–H and O–H groups in total. The highest BCUT2D eigenvalue weighted by molar-refractivity contribution is 8.14. The summed E-state index contributed by atoms with van der Waals surface area (Å²) in [7, 11) is 0. The number of carbonyl (C=O) groups excluding carboxylic acids is 1. The number of amides is 1. The summed E-state index contributed by atoms with van der Waals surface area (Å²) in [6, 6.07) is 9.70. The summed E-state index contributed by atoms with van der Waals surface area (Å²) in [5, 5.41) is 0.827. The number of morpholine rings is 1. The molecular weight excluding hydrogens is 262 g/mol. The summed E-state index contributed by atoms with van der Waals surface area (Å²) in [6.07, 6.45) is 0. The highest BCUT2D eigenvalue weighted by atomic mass is 32.2. The van der Waals surface area contributed by atoms with Crippen molar-refractivity contribution in [1.29, 1.82) is 0 Å². The van der Waals surface area contributed by atoms with Crippen LogP contribution in [0.4, 0.5) is 5.69 Å². The first-order valence-corrected chi connectivity index (χ1v) is 7.12. The molecule has 0 radical (unpaired) electrons. The average Bonchev–Trinajstić information content (AvgIpc) is 2.45. The van der Waals surface area contributed by atoms with Gasteiger partial charge in [-0.05, 0) is 12.1 Å². The van der Waals surface area contributed by atoms with E-state index < -0.39 is 0 Å². The third kappa shape index (κ3) is 4.57. The normalized spacial score (nSPS) is 16.4. The van der Waals surface area contributed by atoms with Crippen LogP contribution in [-0.2, 0) is 9.53 Å². The Bertz CT molecular complexity index is 444. The number of para-hydroxylation sites is 1. The van der Waals surface area contributed by atoms with Crippen LogP contribution in [0, 0.1) is 0 Å². The lowest BCUT2D eigenvalue weighted by atomic mass is 10.3. The SMILES string of the molecule is NC(=O)CSC(=Nc1ccccc1)N1CCOCC1. The van der Waals surface area contributed by atoms with Crippen molar-refractivity contribution in [3.8, 4) is 0 Å². The number of aliphatic imine (C=N–C) groups is 1. The zero-order chi connectivity index (χ0) is 13.5. The van der Waals surface area contributed by atoms with Crippen molar-refractivity contribution in [2.75, 3.05) is 32.1 Å². The fourth-order valence-electron chi connectivity index (χ4n) is 1.70. The molecule has 2 rings (SSSR count). The predicted octanol–water partition coefficient (Wildman–Crippen LogP) is 1.22. The molecule has 1 aliphatic heterocycles. The van der Waals surface area contributed by atoms with Gasteiger partial charge in [-0.15, -0.1) is 0 Å². The minimum absolute atomic E-state index is 0.239. The summed E-state index contributed by atoms with van der Waals surface area (Å²) in [6.45, 7) is 2.95. The van der Waals surface area contributed by atoms with Crippen molar-refractivity contribution in [3.63, 3.8) is 0 Å². The van der Waals surface area contributed by atoms with Gasteiger partial charge in [0.2, 0.25) is 5.91 Å². The number of hydrogen-bond acceptors (Lipinski definition) is 4. The van der Waals surface area contributed by atoms with Gasteiger partial charge in [-0.2, -0.15) is 0 Å². The largest absolute Gasteiger partial charge is 0.378 e. The maximum atomic E-state index is 10.9. The van der Waals surface area contributed by atoms with Crippen molar-refractivity contribution in [1.82, 2.24) is 4.90 Å². The highest BCUT2D eigenvalue weighted by Crippen LogP contribution is 2.18. The van der Waals surface area contributed by atoms with Gasteiger partial charge in [-0.3, -0.25) is 4.79 Å². The summed E-state index contributed by atoms with van der Waals surface area (Å²) in [5.74, 6) is -0.0951. The van der Waals surface area contributed by atoms with E-state index in [0.717, 1.165) is 23.9 Å². The Morgan fingerprint density at radius 1 is 1.32 bits per heavy atom. The van der Waals surface area contributed by atoms with Gasteiger partial charge in [0.25, 0.3) is 0 Å². The van der Waals surface area contributed by atoms with E-state index in [1.807, 2.05) is 30.3 Å². The molecule has 0 bridgehead atoms. The number of benzene rings is 1. The van der Waals surface area contributed by atoms with Gasteiger partial charge >= 0.3 is 0 Å². The zero-order valence-electron chi connectivity index (χ0n) is 10.6. The smallest absolute Gasteiger partial charge is 0.227 e. The number of primary amides is 1. The first-order valence-electron chi connectivity index (χ1n) is 6.13. The molecule has 5 nitrogen and oxygen atoms in total. The second kappa shape index (κ2) is 7.16. The molecule has 1 aliphatic rings. The van der Waals surface area contributed by atoms with Crippen LogP contribution in [0.25, 0.3) is 0 Å². The molecule has 1 fully saturated rings. The van der Waals surface area contributed by atoms with Crippen molar-refractivity contribution in [2.24, 2.45) is 10.7 Å². The molecular formula is C13H17N3O2S. The monoisotopic (exact) mass is 279 g/mol. The summed E-state index contributed by atoms with van der Waals surface area (Å²) >= 11 is 1.38. The van der Waals surface area contributed by atoms with E-state index in [9.17, 15) is 4.79 Å². The molecule has 1 amide bonds. The summed E-state index contributed by atoms with van der Waals surface area (Å²) < 4.78 is 5.33. The second-order valence-electron chi connectivity index (χ2n) is 4.08. The molecule has 19 heavy (non-hydrogen) atoms. The fraction of sp³-hybridized carbons (Fsp3) is 0.385. The van der Waals surface area contributed by atoms with Gasteiger partial charge in [0, 0.05) is 13.1 Å². The fourth-order valence-corrected chi connectivity index (χ4v) is 2.50. The van der Waals surface area contributed by atoms with E-state index in [0.29, 0.717) is 13.2 Å². The number of thioether (sulfide) groups is 1. The van der Waals surface area contributed by atoms with Crippen molar-refractivity contribution >= 4 is 28.5 Å². The van der Waals surface area contributed by atoms with Gasteiger partial charge < -0.3 is 15.4 Å². The first kappa shape index (κ1) is 13.9. The Hall–Kier alpha value is -1.53. The Morgan fingerprint density at radius 2 is 2.00 bits per heavy atom. The van der Waals surface area contributed by atoms with Crippen LogP contribution in [0.2, 0.25) is 0 Å². The second-order valence-corrected chi connectivity index (χ2v) is 5.03.